The van der Waals surface area contributed by atoms with Gasteiger partial charge in [0.15, 0.2) is 0 Å². The quantitative estimate of drug-likeness (QED) is 0.849. The molecule has 1 fully saturated rings. The van der Waals surface area contributed by atoms with Gasteiger partial charge in [-0.25, -0.2) is 0 Å². The highest BCUT2D eigenvalue weighted by Crippen LogP contribution is 2.30. The van der Waals surface area contributed by atoms with Crippen LogP contribution in [0.2, 0.25) is 0 Å². The zero-order valence-electron chi connectivity index (χ0n) is 10.2. The third-order valence-corrected chi connectivity index (χ3v) is 3.55. The van der Waals surface area contributed by atoms with Gasteiger partial charge in [0, 0.05) is 6.54 Å². The molecule has 1 saturated heterocycles. The molecule has 0 saturated carbocycles. The number of phenolic OH excluding ortho intramolecular Hbond substituents is 1. The number of piperidine rings is 1. The molecule has 1 aromatic rings. The summed E-state index contributed by atoms with van der Waals surface area (Å²) >= 11 is 0. The minimum absolute atomic E-state index is 0.144. The number of benzene rings is 1. The predicted octanol–water partition coefficient (Wildman–Crippen LogP) is 2.52. The molecule has 0 aliphatic carbocycles. The average Bonchev–Trinajstić information content (AvgIpc) is 2.33. The Morgan fingerprint density at radius 3 is 2.71 bits per heavy atom. The van der Waals surface area contributed by atoms with Crippen molar-refractivity contribution in [1.29, 1.82) is 5.26 Å². The molecule has 3 heteroatoms. The van der Waals surface area contributed by atoms with Gasteiger partial charge >= 0.3 is 0 Å². The van der Waals surface area contributed by atoms with Gasteiger partial charge in [-0.15, -0.1) is 0 Å². The maximum atomic E-state index is 9.40. The Balaban J connectivity index is 1.93. The molecule has 1 aliphatic heterocycles. The largest absolute Gasteiger partial charge is 0.508 e. The van der Waals surface area contributed by atoms with E-state index in [4.69, 9.17) is 5.26 Å². The first-order valence-electron chi connectivity index (χ1n) is 6.03. The highest BCUT2D eigenvalue weighted by Gasteiger charge is 2.29. The standard InChI is InChI=1S/C14H18N2O/c1-14(11-15)5-7-16(8-6-14)10-12-3-2-4-13(17)9-12/h2-4,9,17H,5-8,10H2,1H3. The van der Waals surface area contributed by atoms with E-state index in [1.165, 1.54) is 0 Å². The van der Waals surface area contributed by atoms with Gasteiger partial charge in [-0.1, -0.05) is 12.1 Å². The summed E-state index contributed by atoms with van der Waals surface area (Å²) in [6.07, 6.45) is 1.87. The summed E-state index contributed by atoms with van der Waals surface area (Å²) in [6.45, 7) is 4.81. The molecule has 0 amide bonds. The molecule has 2 rings (SSSR count). The van der Waals surface area contributed by atoms with Crippen molar-refractivity contribution >= 4 is 0 Å². The minimum Gasteiger partial charge on any atom is -0.508 e. The van der Waals surface area contributed by atoms with Crippen molar-refractivity contribution in [2.45, 2.75) is 26.3 Å². The fourth-order valence-electron chi connectivity index (χ4n) is 2.23. The number of nitriles is 1. The van der Waals surface area contributed by atoms with Gasteiger partial charge in [-0.3, -0.25) is 4.90 Å². The third kappa shape index (κ3) is 2.98. The van der Waals surface area contributed by atoms with E-state index in [-0.39, 0.29) is 5.41 Å². The van der Waals surface area contributed by atoms with Gasteiger partial charge in [-0.2, -0.15) is 5.26 Å². The number of likely N-dealkylation sites (tertiary alicyclic amines) is 1. The van der Waals surface area contributed by atoms with E-state index < -0.39 is 0 Å². The van der Waals surface area contributed by atoms with Crippen molar-refractivity contribution in [2.24, 2.45) is 5.41 Å². The van der Waals surface area contributed by atoms with E-state index in [1.54, 1.807) is 12.1 Å². The molecule has 1 N–H and O–H groups in total. The Labute approximate surface area is 102 Å². The van der Waals surface area contributed by atoms with E-state index in [1.807, 2.05) is 19.1 Å². The van der Waals surface area contributed by atoms with E-state index >= 15 is 0 Å². The van der Waals surface area contributed by atoms with Crippen LogP contribution in [0.4, 0.5) is 0 Å². The van der Waals surface area contributed by atoms with Gasteiger partial charge < -0.3 is 5.11 Å². The molecule has 1 aliphatic rings. The molecule has 17 heavy (non-hydrogen) atoms. The molecule has 0 unspecified atom stereocenters. The second-order valence-corrected chi connectivity index (χ2v) is 5.12. The molecular formula is C14H18N2O. The van der Waals surface area contributed by atoms with Gasteiger partial charge in [0.1, 0.15) is 5.75 Å². The summed E-state index contributed by atoms with van der Waals surface area (Å²) in [6, 6.07) is 9.79. The molecule has 90 valence electrons. The van der Waals surface area contributed by atoms with Crippen LogP contribution in [-0.2, 0) is 6.54 Å². The van der Waals surface area contributed by atoms with Gasteiger partial charge in [0.2, 0.25) is 0 Å². The molecule has 0 spiro atoms. The van der Waals surface area contributed by atoms with Gasteiger partial charge in [-0.05, 0) is 50.6 Å². The van der Waals surface area contributed by atoms with E-state index in [2.05, 4.69) is 11.0 Å². The predicted molar refractivity (Wildman–Crippen MR) is 66.3 cm³/mol. The van der Waals surface area contributed by atoms with Crippen molar-refractivity contribution in [2.75, 3.05) is 13.1 Å². The van der Waals surface area contributed by atoms with E-state index in [9.17, 15) is 5.11 Å². The fraction of sp³-hybridized carbons (Fsp3) is 0.500. The zero-order valence-corrected chi connectivity index (χ0v) is 10.2. The second-order valence-electron chi connectivity index (χ2n) is 5.12. The number of nitrogens with zero attached hydrogens (tertiary/aromatic N) is 2. The first kappa shape index (κ1) is 11.9. The van der Waals surface area contributed by atoms with Crippen LogP contribution in [0.1, 0.15) is 25.3 Å². The Morgan fingerprint density at radius 2 is 2.12 bits per heavy atom. The maximum Gasteiger partial charge on any atom is 0.115 e. The minimum atomic E-state index is -0.144. The normalized spacial score (nSPS) is 19.8. The van der Waals surface area contributed by atoms with Crippen molar-refractivity contribution in [3.8, 4) is 11.8 Å². The molecule has 3 nitrogen and oxygen atoms in total. The summed E-state index contributed by atoms with van der Waals surface area (Å²) in [7, 11) is 0. The highest BCUT2D eigenvalue weighted by molar-refractivity contribution is 5.27. The van der Waals surface area contributed by atoms with Crippen molar-refractivity contribution in [3.05, 3.63) is 29.8 Å². The number of hydrogen-bond acceptors (Lipinski definition) is 3. The summed E-state index contributed by atoms with van der Waals surface area (Å²) in [5.41, 5.74) is 0.987. The molecule has 0 radical (unpaired) electrons. The van der Waals surface area contributed by atoms with Crippen molar-refractivity contribution in [1.82, 2.24) is 4.90 Å². The van der Waals surface area contributed by atoms with Crippen molar-refractivity contribution in [3.63, 3.8) is 0 Å². The smallest absolute Gasteiger partial charge is 0.115 e. The molecule has 0 atom stereocenters. The first-order chi connectivity index (χ1) is 8.11. The van der Waals surface area contributed by atoms with E-state index in [0.717, 1.165) is 38.0 Å². The Hall–Kier alpha value is -1.53. The Morgan fingerprint density at radius 1 is 1.41 bits per heavy atom. The second kappa shape index (κ2) is 4.77. The number of aromatic hydroxyl groups is 1. The lowest BCUT2D eigenvalue weighted by Gasteiger charge is -2.34. The number of rotatable bonds is 2. The number of phenols is 1. The third-order valence-electron chi connectivity index (χ3n) is 3.55. The maximum absolute atomic E-state index is 9.40. The monoisotopic (exact) mass is 230 g/mol. The van der Waals surface area contributed by atoms with Crippen LogP contribution in [0.25, 0.3) is 0 Å². The SMILES string of the molecule is CC1(C#N)CCN(Cc2cccc(O)c2)CC1. The molecule has 0 aromatic heterocycles. The lowest BCUT2D eigenvalue weighted by atomic mass is 9.82. The summed E-state index contributed by atoms with van der Waals surface area (Å²) in [5, 5.41) is 18.5. The lowest BCUT2D eigenvalue weighted by Crippen LogP contribution is -2.37. The van der Waals surface area contributed by atoms with Crippen molar-refractivity contribution < 1.29 is 5.11 Å². The molecule has 1 heterocycles. The molecular weight excluding hydrogens is 212 g/mol. The van der Waals surface area contributed by atoms with Crippen LogP contribution in [-0.4, -0.2) is 23.1 Å². The summed E-state index contributed by atoms with van der Waals surface area (Å²) < 4.78 is 0. The molecule has 0 bridgehead atoms. The Kier molecular flexibility index (Phi) is 3.35. The van der Waals surface area contributed by atoms with Crippen LogP contribution in [0.5, 0.6) is 5.75 Å². The van der Waals surface area contributed by atoms with E-state index in [0.29, 0.717) is 5.75 Å². The molecule has 1 aromatic carbocycles. The first-order valence-corrected chi connectivity index (χ1v) is 6.03. The van der Waals surface area contributed by atoms with Crippen LogP contribution in [0.15, 0.2) is 24.3 Å². The lowest BCUT2D eigenvalue weighted by molar-refractivity contribution is 0.150. The fourth-order valence-corrected chi connectivity index (χ4v) is 2.23. The summed E-state index contributed by atoms with van der Waals surface area (Å²) in [5.74, 6) is 0.321. The van der Waals surface area contributed by atoms with Crippen LogP contribution < -0.4 is 0 Å². The number of hydrogen-bond donors (Lipinski definition) is 1. The average molecular weight is 230 g/mol. The van der Waals surface area contributed by atoms with Gasteiger partial charge in [0.25, 0.3) is 0 Å². The van der Waals surface area contributed by atoms with Crippen LogP contribution >= 0.6 is 0 Å². The zero-order chi connectivity index (χ0) is 12.3. The summed E-state index contributed by atoms with van der Waals surface area (Å²) in [4.78, 5) is 2.34. The van der Waals surface area contributed by atoms with Gasteiger partial charge in [0.05, 0.1) is 11.5 Å². The highest BCUT2D eigenvalue weighted by atomic mass is 16.3. The van der Waals surface area contributed by atoms with Crippen LogP contribution in [0.3, 0.4) is 0 Å². The Bertz CT molecular complexity index is 428. The topological polar surface area (TPSA) is 47.3 Å². The van der Waals surface area contributed by atoms with Crippen LogP contribution in [0, 0.1) is 16.7 Å².